The quantitative estimate of drug-likeness (QED) is 0.920. The molecule has 1 aromatic rings. The van der Waals surface area contributed by atoms with Gasteiger partial charge in [0.25, 0.3) is 5.91 Å². The molecule has 1 aliphatic rings. The van der Waals surface area contributed by atoms with Crippen LogP contribution in [0.1, 0.15) is 21.9 Å². The number of hydrogen-bond donors (Lipinski definition) is 1. The van der Waals surface area contributed by atoms with Crippen molar-refractivity contribution < 1.29 is 4.79 Å². The SMILES string of the molecule is CN(C(=O)c1csc(CN)n1)C1CCSC1.Cl. The maximum Gasteiger partial charge on any atom is 0.273 e. The minimum absolute atomic E-state index is 0. The van der Waals surface area contributed by atoms with Crippen molar-refractivity contribution in [2.24, 2.45) is 5.73 Å². The van der Waals surface area contributed by atoms with Gasteiger partial charge in [0.15, 0.2) is 0 Å². The van der Waals surface area contributed by atoms with Gasteiger partial charge < -0.3 is 10.6 Å². The third-order valence-electron chi connectivity index (χ3n) is 2.72. The molecule has 0 aromatic carbocycles. The summed E-state index contributed by atoms with van der Waals surface area (Å²) in [6.07, 6.45) is 1.08. The molecule has 17 heavy (non-hydrogen) atoms. The Labute approximate surface area is 115 Å². The second-order valence-corrected chi connectivity index (χ2v) is 5.86. The number of thioether (sulfide) groups is 1. The van der Waals surface area contributed by atoms with E-state index < -0.39 is 0 Å². The van der Waals surface area contributed by atoms with Gasteiger partial charge in [0, 0.05) is 30.8 Å². The fourth-order valence-electron chi connectivity index (χ4n) is 1.68. The summed E-state index contributed by atoms with van der Waals surface area (Å²) in [7, 11) is 1.86. The molecule has 1 amide bonds. The Morgan fingerprint density at radius 1 is 1.71 bits per heavy atom. The van der Waals surface area contributed by atoms with Crippen molar-refractivity contribution in [3.63, 3.8) is 0 Å². The normalized spacial score (nSPS) is 18.8. The molecular weight excluding hydrogens is 278 g/mol. The van der Waals surface area contributed by atoms with Gasteiger partial charge in [-0.15, -0.1) is 23.7 Å². The van der Waals surface area contributed by atoms with Crippen LogP contribution in [-0.2, 0) is 6.54 Å². The van der Waals surface area contributed by atoms with E-state index in [1.165, 1.54) is 11.3 Å². The molecule has 96 valence electrons. The van der Waals surface area contributed by atoms with Crippen LogP contribution < -0.4 is 5.73 Å². The van der Waals surface area contributed by atoms with E-state index in [-0.39, 0.29) is 18.3 Å². The second-order valence-electron chi connectivity index (χ2n) is 3.76. The van der Waals surface area contributed by atoms with Crippen molar-refractivity contribution in [1.82, 2.24) is 9.88 Å². The maximum atomic E-state index is 12.1. The van der Waals surface area contributed by atoms with Crippen LogP contribution in [0.25, 0.3) is 0 Å². The summed E-state index contributed by atoms with van der Waals surface area (Å²) in [4.78, 5) is 18.1. The molecule has 1 saturated heterocycles. The van der Waals surface area contributed by atoms with Crippen LogP contribution in [0.15, 0.2) is 5.38 Å². The number of aromatic nitrogens is 1. The van der Waals surface area contributed by atoms with Gasteiger partial charge in [-0.25, -0.2) is 4.98 Å². The van der Waals surface area contributed by atoms with Gasteiger partial charge in [0.1, 0.15) is 10.7 Å². The number of carbonyl (C=O) groups excluding carboxylic acids is 1. The Morgan fingerprint density at radius 3 is 3.00 bits per heavy atom. The van der Waals surface area contributed by atoms with E-state index in [2.05, 4.69) is 4.98 Å². The molecule has 1 aliphatic heterocycles. The number of nitrogens with zero attached hydrogens (tertiary/aromatic N) is 2. The van der Waals surface area contributed by atoms with E-state index in [4.69, 9.17) is 5.73 Å². The van der Waals surface area contributed by atoms with Gasteiger partial charge in [-0.05, 0) is 12.2 Å². The van der Waals surface area contributed by atoms with E-state index in [0.29, 0.717) is 18.3 Å². The molecule has 2 rings (SSSR count). The molecule has 0 spiro atoms. The minimum Gasteiger partial charge on any atom is -0.337 e. The van der Waals surface area contributed by atoms with Gasteiger partial charge in [0.2, 0.25) is 0 Å². The highest BCUT2D eigenvalue weighted by Gasteiger charge is 2.25. The van der Waals surface area contributed by atoms with Crippen LogP contribution in [0, 0.1) is 0 Å². The number of nitrogens with two attached hydrogens (primary N) is 1. The number of rotatable bonds is 3. The molecule has 0 radical (unpaired) electrons. The van der Waals surface area contributed by atoms with Crippen LogP contribution >= 0.6 is 35.5 Å². The van der Waals surface area contributed by atoms with E-state index >= 15 is 0 Å². The molecule has 2 N–H and O–H groups in total. The fraction of sp³-hybridized carbons (Fsp3) is 0.600. The molecular formula is C10H16ClN3OS2. The van der Waals surface area contributed by atoms with Gasteiger partial charge >= 0.3 is 0 Å². The Kier molecular flexibility index (Phi) is 5.72. The first-order valence-corrected chi connectivity index (χ1v) is 7.25. The Hall–Kier alpha value is -0.300. The molecule has 1 unspecified atom stereocenters. The van der Waals surface area contributed by atoms with Crippen molar-refractivity contribution in [1.29, 1.82) is 0 Å². The third-order valence-corrected chi connectivity index (χ3v) is 4.74. The van der Waals surface area contributed by atoms with Gasteiger partial charge in [-0.2, -0.15) is 11.8 Å². The molecule has 0 aliphatic carbocycles. The predicted molar refractivity (Wildman–Crippen MR) is 75.1 cm³/mol. The van der Waals surface area contributed by atoms with Crippen LogP contribution in [-0.4, -0.2) is 40.4 Å². The van der Waals surface area contributed by atoms with Gasteiger partial charge in [-0.3, -0.25) is 4.79 Å². The van der Waals surface area contributed by atoms with Crippen molar-refractivity contribution in [2.45, 2.75) is 19.0 Å². The lowest BCUT2D eigenvalue weighted by molar-refractivity contribution is 0.0742. The second kappa shape index (κ2) is 6.58. The third kappa shape index (κ3) is 3.34. The summed E-state index contributed by atoms with van der Waals surface area (Å²) < 4.78 is 0. The van der Waals surface area contributed by atoms with Crippen LogP contribution in [0.4, 0.5) is 0 Å². The van der Waals surface area contributed by atoms with E-state index in [9.17, 15) is 4.79 Å². The average molecular weight is 294 g/mol. The Bertz CT molecular complexity index is 379. The summed E-state index contributed by atoms with van der Waals surface area (Å²) >= 11 is 3.35. The number of halogens is 1. The lowest BCUT2D eigenvalue weighted by Crippen LogP contribution is -2.37. The molecule has 4 nitrogen and oxygen atoms in total. The van der Waals surface area contributed by atoms with Crippen molar-refractivity contribution in [3.05, 3.63) is 16.1 Å². The van der Waals surface area contributed by atoms with Crippen LogP contribution in [0.3, 0.4) is 0 Å². The maximum absolute atomic E-state index is 12.1. The fourth-order valence-corrected chi connectivity index (χ4v) is 3.59. The smallest absolute Gasteiger partial charge is 0.273 e. The monoisotopic (exact) mass is 293 g/mol. The largest absolute Gasteiger partial charge is 0.337 e. The van der Waals surface area contributed by atoms with Crippen molar-refractivity contribution in [3.8, 4) is 0 Å². The summed E-state index contributed by atoms with van der Waals surface area (Å²) in [6.45, 7) is 0.404. The highest BCUT2D eigenvalue weighted by atomic mass is 35.5. The molecule has 1 fully saturated rings. The van der Waals surface area contributed by atoms with Crippen LogP contribution in [0.5, 0.6) is 0 Å². The number of hydrogen-bond acceptors (Lipinski definition) is 5. The number of carbonyl (C=O) groups is 1. The molecule has 1 aromatic heterocycles. The molecule has 2 heterocycles. The average Bonchev–Trinajstić information content (AvgIpc) is 2.97. The summed E-state index contributed by atoms with van der Waals surface area (Å²) in [6, 6.07) is 0.362. The lowest BCUT2D eigenvalue weighted by Gasteiger charge is -2.22. The zero-order valence-corrected chi connectivity index (χ0v) is 12.0. The first-order chi connectivity index (χ1) is 7.72. The van der Waals surface area contributed by atoms with E-state index in [1.807, 2.05) is 23.7 Å². The lowest BCUT2D eigenvalue weighted by atomic mass is 10.2. The predicted octanol–water partition coefficient (Wildman–Crippen LogP) is 1.60. The first kappa shape index (κ1) is 14.8. The molecule has 0 saturated carbocycles. The molecule has 1 atom stereocenters. The summed E-state index contributed by atoms with van der Waals surface area (Å²) in [5.41, 5.74) is 6.01. The van der Waals surface area contributed by atoms with Crippen molar-refractivity contribution in [2.75, 3.05) is 18.6 Å². The molecule has 0 bridgehead atoms. The first-order valence-electron chi connectivity index (χ1n) is 5.21. The number of thiazole rings is 1. The highest BCUT2D eigenvalue weighted by Crippen LogP contribution is 2.22. The highest BCUT2D eigenvalue weighted by molar-refractivity contribution is 7.99. The zero-order chi connectivity index (χ0) is 11.5. The van der Waals surface area contributed by atoms with E-state index in [1.54, 1.807) is 5.38 Å². The summed E-state index contributed by atoms with van der Waals surface area (Å²) in [5.74, 6) is 2.20. The number of amides is 1. The zero-order valence-electron chi connectivity index (χ0n) is 9.59. The van der Waals surface area contributed by atoms with Crippen LogP contribution in [0.2, 0.25) is 0 Å². The standard InChI is InChI=1S/C10H15N3OS2.ClH/c1-13(7-2-3-15-5-7)10(14)8-6-16-9(4-11)12-8;/h6-7H,2-5,11H2,1H3;1H. The Morgan fingerprint density at radius 2 is 2.47 bits per heavy atom. The topological polar surface area (TPSA) is 59.2 Å². The Balaban J connectivity index is 0.00000144. The van der Waals surface area contributed by atoms with Gasteiger partial charge in [-0.1, -0.05) is 0 Å². The summed E-state index contributed by atoms with van der Waals surface area (Å²) in [5, 5.41) is 2.61. The van der Waals surface area contributed by atoms with E-state index in [0.717, 1.165) is 22.9 Å². The molecule has 7 heteroatoms. The minimum atomic E-state index is 0. The van der Waals surface area contributed by atoms with Crippen molar-refractivity contribution >= 4 is 41.4 Å². The van der Waals surface area contributed by atoms with Gasteiger partial charge in [0.05, 0.1) is 0 Å².